The number of hydrogen-bond donors (Lipinski definition) is 2. The van der Waals surface area contributed by atoms with E-state index in [0.29, 0.717) is 0 Å². The number of aromatic nitrogens is 3. The second-order valence-corrected chi connectivity index (χ2v) is 3.78. The van der Waals surface area contributed by atoms with Gasteiger partial charge >= 0.3 is 0 Å². The topological polar surface area (TPSA) is 53.6 Å². The van der Waals surface area contributed by atoms with Gasteiger partial charge in [0.2, 0.25) is 0 Å². The molecule has 0 amide bonds. The standard InChI is InChI=1S/C12H16N4/c1-3-13-11(12-14-8-15-16-12)10-6-4-5-9(2)7-10/h4-8,11,13H,3H2,1-2H3,(H,14,15,16). The smallest absolute Gasteiger partial charge is 0.145 e. The van der Waals surface area contributed by atoms with Crippen molar-refractivity contribution in [2.45, 2.75) is 19.9 Å². The molecule has 2 rings (SSSR count). The lowest BCUT2D eigenvalue weighted by Gasteiger charge is -2.15. The molecule has 1 aromatic heterocycles. The summed E-state index contributed by atoms with van der Waals surface area (Å²) in [5.41, 5.74) is 2.46. The maximum absolute atomic E-state index is 4.21. The molecule has 1 heterocycles. The van der Waals surface area contributed by atoms with Crippen molar-refractivity contribution in [3.8, 4) is 0 Å². The zero-order valence-electron chi connectivity index (χ0n) is 9.57. The molecule has 0 aliphatic rings. The molecular formula is C12H16N4. The number of rotatable bonds is 4. The highest BCUT2D eigenvalue weighted by atomic mass is 15.2. The van der Waals surface area contributed by atoms with Gasteiger partial charge in [-0.1, -0.05) is 36.8 Å². The summed E-state index contributed by atoms with van der Waals surface area (Å²) in [4.78, 5) is 4.21. The first kappa shape index (κ1) is 10.8. The zero-order chi connectivity index (χ0) is 11.4. The van der Waals surface area contributed by atoms with Crippen molar-refractivity contribution >= 4 is 0 Å². The average Bonchev–Trinajstić information content (AvgIpc) is 2.79. The molecule has 1 unspecified atom stereocenters. The van der Waals surface area contributed by atoms with Crippen LogP contribution in [0.5, 0.6) is 0 Å². The summed E-state index contributed by atoms with van der Waals surface area (Å²) < 4.78 is 0. The second-order valence-electron chi connectivity index (χ2n) is 3.78. The van der Waals surface area contributed by atoms with Gasteiger partial charge in [-0.3, -0.25) is 5.10 Å². The third-order valence-electron chi connectivity index (χ3n) is 2.49. The summed E-state index contributed by atoms with van der Waals surface area (Å²) in [7, 11) is 0. The normalized spacial score (nSPS) is 12.6. The number of benzene rings is 1. The quantitative estimate of drug-likeness (QED) is 0.819. The highest BCUT2D eigenvalue weighted by molar-refractivity contribution is 5.28. The van der Waals surface area contributed by atoms with Crippen molar-refractivity contribution in [3.63, 3.8) is 0 Å². The number of nitrogens with one attached hydrogen (secondary N) is 2. The molecule has 2 aromatic rings. The minimum atomic E-state index is 0.0902. The molecular weight excluding hydrogens is 200 g/mol. The van der Waals surface area contributed by atoms with Crippen LogP contribution in [-0.2, 0) is 0 Å². The molecule has 0 saturated carbocycles. The van der Waals surface area contributed by atoms with Crippen LogP contribution < -0.4 is 5.32 Å². The molecule has 0 aliphatic carbocycles. The molecule has 0 radical (unpaired) electrons. The first-order chi connectivity index (χ1) is 7.81. The van der Waals surface area contributed by atoms with Gasteiger partial charge in [0.05, 0.1) is 6.04 Å². The number of hydrogen-bond acceptors (Lipinski definition) is 3. The fourth-order valence-electron chi connectivity index (χ4n) is 1.78. The summed E-state index contributed by atoms with van der Waals surface area (Å²) in [6.45, 7) is 5.06. The fourth-order valence-corrected chi connectivity index (χ4v) is 1.78. The van der Waals surface area contributed by atoms with E-state index < -0.39 is 0 Å². The van der Waals surface area contributed by atoms with Gasteiger partial charge in [-0.15, -0.1) is 0 Å². The number of nitrogens with zero attached hydrogens (tertiary/aromatic N) is 2. The van der Waals surface area contributed by atoms with Crippen LogP contribution in [0.1, 0.15) is 29.9 Å². The molecule has 0 spiro atoms. The molecule has 0 saturated heterocycles. The van der Waals surface area contributed by atoms with Gasteiger partial charge in [-0.2, -0.15) is 5.10 Å². The van der Waals surface area contributed by atoms with E-state index in [-0.39, 0.29) is 6.04 Å². The second kappa shape index (κ2) is 4.90. The Morgan fingerprint density at radius 3 is 2.94 bits per heavy atom. The summed E-state index contributed by atoms with van der Waals surface area (Å²) in [5, 5.41) is 10.2. The largest absolute Gasteiger partial charge is 0.304 e. The third-order valence-corrected chi connectivity index (χ3v) is 2.49. The van der Waals surface area contributed by atoms with Gasteiger partial charge in [-0.25, -0.2) is 4.98 Å². The summed E-state index contributed by atoms with van der Waals surface area (Å²) in [6.07, 6.45) is 1.54. The Hall–Kier alpha value is -1.68. The molecule has 0 fully saturated rings. The van der Waals surface area contributed by atoms with Gasteiger partial charge in [-0.05, 0) is 19.0 Å². The molecule has 4 heteroatoms. The predicted molar refractivity (Wildman–Crippen MR) is 63.1 cm³/mol. The van der Waals surface area contributed by atoms with Crippen molar-refractivity contribution in [1.82, 2.24) is 20.5 Å². The van der Waals surface area contributed by atoms with E-state index in [0.717, 1.165) is 12.4 Å². The van der Waals surface area contributed by atoms with Gasteiger partial charge in [0.1, 0.15) is 12.2 Å². The molecule has 84 valence electrons. The van der Waals surface area contributed by atoms with E-state index in [1.54, 1.807) is 0 Å². The van der Waals surface area contributed by atoms with Crippen molar-refractivity contribution in [3.05, 3.63) is 47.5 Å². The average molecular weight is 216 g/mol. The first-order valence-corrected chi connectivity index (χ1v) is 5.46. The Bertz CT molecular complexity index is 436. The Labute approximate surface area is 95.1 Å². The summed E-state index contributed by atoms with van der Waals surface area (Å²) >= 11 is 0. The van der Waals surface area contributed by atoms with Crippen molar-refractivity contribution < 1.29 is 0 Å². The lowest BCUT2D eigenvalue weighted by atomic mass is 10.0. The molecule has 16 heavy (non-hydrogen) atoms. The predicted octanol–water partition coefficient (Wildman–Crippen LogP) is 1.81. The number of H-pyrrole nitrogens is 1. The number of aryl methyl sites for hydroxylation is 1. The van der Waals surface area contributed by atoms with E-state index >= 15 is 0 Å². The van der Waals surface area contributed by atoms with E-state index in [9.17, 15) is 0 Å². The fraction of sp³-hybridized carbons (Fsp3) is 0.333. The monoisotopic (exact) mass is 216 g/mol. The van der Waals surface area contributed by atoms with Crippen molar-refractivity contribution in [2.75, 3.05) is 6.54 Å². The van der Waals surface area contributed by atoms with E-state index in [4.69, 9.17) is 0 Å². The van der Waals surface area contributed by atoms with Crippen LogP contribution in [0.15, 0.2) is 30.6 Å². The van der Waals surface area contributed by atoms with E-state index in [1.165, 1.54) is 17.5 Å². The number of aromatic amines is 1. The van der Waals surface area contributed by atoms with E-state index in [1.807, 2.05) is 0 Å². The van der Waals surface area contributed by atoms with Crippen LogP contribution in [0.3, 0.4) is 0 Å². The van der Waals surface area contributed by atoms with Crippen LogP contribution >= 0.6 is 0 Å². The van der Waals surface area contributed by atoms with Gasteiger partial charge in [0, 0.05) is 0 Å². The molecule has 0 bridgehead atoms. The molecule has 4 nitrogen and oxygen atoms in total. The summed E-state index contributed by atoms with van der Waals surface area (Å²) in [5.74, 6) is 0.854. The Balaban J connectivity index is 2.33. The highest BCUT2D eigenvalue weighted by Crippen LogP contribution is 2.19. The molecule has 1 atom stereocenters. The maximum Gasteiger partial charge on any atom is 0.145 e. The Morgan fingerprint density at radius 2 is 2.31 bits per heavy atom. The van der Waals surface area contributed by atoms with Crippen molar-refractivity contribution in [2.24, 2.45) is 0 Å². The Morgan fingerprint density at radius 1 is 1.44 bits per heavy atom. The molecule has 1 aromatic carbocycles. The van der Waals surface area contributed by atoms with Crippen LogP contribution in [0, 0.1) is 6.92 Å². The molecule has 0 aliphatic heterocycles. The SMILES string of the molecule is CCNC(c1cccc(C)c1)c1ncn[nH]1. The van der Waals surface area contributed by atoms with Crippen LogP contribution in [-0.4, -0.2) is 21.7 Å². The van der Waals surface area contributed by atoms with E-state index in [2.05, 4.69) is 58.6 Å². The van der Waals surface area contributed by atoms with Crippen molar-refractivity contribution in [1.29, 1.82) is 0 Å². The minimum Gasteiger partial charge on any atom is -0.304 e. The highest BCUT2D eigenvalue weighted by Gasteiger charge is 2.15. The first-order valence-electron chi connectivity index (χ1n) is 5.46. The Kier molecular flexibility index (Phi) is 3.31. The van der Waals surface area contributed by atoms with Gasteiger partial charge in [0.15, 0.2) is 0 Å². The third kappa shape index (κ3) is 2.28. The lowest BCUT2D eigenvalue weighted by molar-refractivity contribution is 0.599. The summed E-state index contributed by atoms with van der Waals surface area (Å²) in [6, 6.07) is 8.50. The van der Waals surface area contributed by atoms with Crippen LogP contribution in [0.4, 0.5) is 0 Å². The maximum atomic E-state index is 4.21. The van der Waals surface area contributed by atoms with Crippen LogP contribution in [0.2, 0.25) is 0 Å². The van der Waals surface area contributed by atoms with Gasteiger partial charge < -0.3 is 5.32 Å². The molecule has 2 N–H and O–H groups in total. The zero-order valence-corrected chi connectivity index (χ0v) is 9.57. The lowest BCUT2D eigenvalue weighted by Crippen LogP contribution is -2.23. The van der Waals surface area contributed by atoms with Gasteiger partial charge in [0.25, 0.3) is 0 Å². The van der Waals surface area contributed by atoms with Crippen LogP contribution in [0.25, 0.3) is 0 Å². The minimum absolute atomic E-state index is 0.0902.